The number of rotatable bonds is 2. The van der Waals surface area contributed by atoms with Gasteiger partial charge in [-0.05, 0) is 48.7 Å². The maximum atomic E-state index is 10.3. The standard InChI is InChI=1S/C15H26O3/c1-10(2)13-8-7-12(9-16)6-4-5-11(3)14(17)15(13)18/h6,10,13-18H,3-5,7-9H2,1-2H3. The van der Waals surface area contributed by atoms with Crippen molar-refractivity contribution in [1.82, 2.24) is 0 Å². The van der Waals surface area contributed by atoms with Crippen LogP contribution in [0.5, 0.6) is 0 Å². The predicted molar refractivity (Wildman–Crippen MR) is 73.1 cm³/mol. The molecule has 0 aromatic rings. The van der Waals surface area contributed by atoms with E-state index in [-0.39, 0.29) is 12.5 Å². The van der Waals surface area contributed by atoms with Crippen LogP contribution in [-0.2, 0) is 0 Å². The first-order valence-electron chi connectivity index (χ1n) is 6.80. The van der Waals surface area contributed by atoms with Gasteiger partial charge in [0.1, 0.15) is 6.10 Å². The zero-order chi connectivity index (χ0) is 13.7. The summed E-state index contributed by atoms with van der Waals surface area (Å²) in [5.74, 6) is 0.326. The Hall–Kier alpha value is -0.640. The molecule has 18 heavy (non-hydrogen) atoms. The van der Waals surface area contributed by atoms with Gasteiger partial charge in [-0.3, -0.25) is 0 Å². The smallest absolute Gasteiger partial charge is 0.101 e. The second kappa shape index (κ2) is 7.07. The van der Waals surface area contributed by atoms with E-state index < -0.39 is 12.2 Å². The SMILES string of the molecule is C=C1CCC=C(CO)CCC(C(C)C)C(O)C1O. The van der Waals surface area contributed by atoms with E-state index in [1.165, 1.54) is 0 Å². The third-order valence-corrected chi connectivity index (χ3v) is 3.94. The highest BCUT2D eigenvalue weighted by molar-refractivity contribution is 5.11. The van der Waals surface area contributed by atoms with Crippen LogP contribution in [0, 0.1) is 11.8 Å². The Labute approximate surface area is 110 Å². The third-order valence-electron chi connectivity index (χ3n) is 3.94. The van der Waals surface area contributed by atoms with Gasteiger partial charge in [-0.2, -0.15) is 0 Å². The molecule has 1 rings (SSSR count). The van der Waals surface area contributed by atoms with E-state index in [4.69, 9.17) is 0 Å². The summed E-state index contributed by atoms with van der Waals surface area (Å²) in [6, 6.07) is 0. The summed E-state index contributed by atoms with van der Waals surface area (Å²) < 4.78 is 0. The molecule has 0 amide bonds. The van der Waals surface area contributed by atoms with Crippen molar-refractivity contribution in [1.29, 1.82) is 0 Å². The molecule has 3 unspecified atom stereocenters. The number of hydrogen-bond acceptors (Lipinski definition) is 3. The molecule has 104 valence electrons. The quantitative estimate of drug-likeness (QED) is 0.661. The lowest BCUT2D eigenvalue weighted by atomic mass is 9.80. The first-order chi connectivity index (χ1) is 8.47. The van der Waals surface area contributed by atoms with Crippen LogP contribution < -0.4 is 0 Å². The third kappa shape index (κ3) is 3.94. The fourth-order valence-corrected chi connectivity index (χ4v) is 2.58. The van der Waals surface area contributed by atoms with Crippen molar-refractivity contribution >= 4 is 0 Å². The fraction of sp³-hybridized carbons (Fsp3) is 0.733. The van der Waals surface area contributed by atoms with Gasteiger partial charge in [0.2, 0.25) is 0 Å². The van der Waals surface area contributed by atoms with Crippen LogP contribution in [0.1, 0.15) is 39.5 Å². The summed E-state index contributed by atoms with van der Waals surface area (Å²) in [6.45, 7) is 8.05. The minimum absolute atomic E-state index is 0.0322. The summed E-state index contributed by atoms with van der Waals surface area (Å²) in [5.41, 5.74) is 1.71. The lowest BCUT2D eigenvalue weighted by Crippen LogP contribution is -2.37. The van der Waals surface area contributed by atoms with E-state index in [9.17, 15) is 15.3 Å². The average Bonchev–Trinajstić information content (AvgIpc) is 2.34. The maximum Gasteiger partial charge on any atom is 0.101 e. The molecule has 0 bridgehead atoms. The van der Waals surface area contributed by atoms with E-state index >= 15 is 0 Å². The molecule has 0 radical (unpaired) electrons. The first kappa shape index (κ1) is 15.4. The molecule has 1 aliphatic carbocycles. The zero-order valence-corrected chi connectivity index (χ0v) is 11.5. The largest absolute Gasteiger partial charge is 0.392 e. The van der Waals surface area contributed by atoms with Crippen molar-refractivity contribution in [3.05, 3.63) is 23.8 Å². The highest BCUT2D eigenvalue weighted by Crippen LogP contribution is 2.29. The molecule has 0 aromatic carbocycles. The van der Waals surface area contributed by atoms with Crippen molar-refractivity contribution in [3.63, 3.8) is 0 Å². The van der Waals surface area contributed by atoms with Gasteiger partial charge >= 0.3 is 0 Å². The minimum atomic E-state index is -0.832. The van der Waals surface area contributed by atoms with Crippen LogP contribution in [-0.4, -0.2) is 34.1 Å². The topological polar surface area (TPSA) is 60.7 Å². The summed E-state index contributed by atoms with van der Waals surface area (Å²) >= 11 is 0. The Morgan fingerprint density at radius 2 is 2.00 bits per heavy atom. The minimum Gasteiger partial charge on any atom is -0.392 e. The first-order valence-corrected chi connectivity index (χ1v) is 6.80. The summed E-state index contributed by atoms with van der Waals surface area (Å²) in [6.07, 6.45) is 3.45. The van der Waals surface area contributed by atoms with Gasteiger partial charge in [0.25, 0.3) is 0 Å². The van der Waals surface area contributed by atoms with E-state index in [2.05, 4.69) is 20.4 Å². The molecule has 0 spiro atoms. The molecule has 3 nitrogen and oxygen atoms in total. The normalized spacial score (nSPS) is 31.3. The molecule has 3 N–H and O–H groups in total. The van der Waals surface area contributed by atoms with Crippen LogP contribution in [0.3, 0.4) is 0 Å². The monoisotopic (exact) mass is 254 g/mol. The molecular formula is C15H26O3. The van der Waals surface area contributed by atoms with Crippen molar-refractivity contribution in [2.24, 2.45) is 11.8 Å². The van der Waals surface area contributed by atoms with Gasteiger partial charge in [-0.1, -0.05) is 26.5 Å². The molecule has 0 aromatic heterocycles. The Morgan fingerprint density at radius 1 is 1.33 bits per heavy atom. The average molecular weight is 254 g/mol. The highest BCUT2D eigenvalue weighted by Gasteiger charge is 2.30. The van der Waals surface area contributed by atoms with Crippen LogP contribution in [0.2, 0.25) is 0 Å². The molecule has 3 atom stereocenters. The Kier molecular flexibility index (Phi) is 6.06. The van der Waals surface area contributed by atoms with Crippen molar-refractivity contribution < 1.29 is 15.3 Å². The summed E-state index contributed by atoms with van der Waals surface area (Å²) in [5, 5.41) is 29.6. The Balaban J connectivity index is 2.89. The van der Waals surface area contributed by atoms with E-state index in [0.29, 0.717) is 17.9 Å². The molecule has 1 aliphatic rings. The van der Waals surface area contributed by atoms with Crippen LogP contribution >= 0.6 is 0 Å². The lowest BCUT2D eigenvalue weighted by molar-refractivity contribution is -0.0165. The van der Waals surface area contributed by atoms with E-state index in [0.717, 1.165) is 24.8 Å². The number of allylic oxidation sites excluding steroid dienone is 1. The zero-order valence-electron chi connectivity index (χ0n) is 11.5. The molecule has 0 saturated carbocycles. The van der Waals surface area contributed by atoms with Gasteiger partial charge in [0.05, 0.1) is 12.7 Å². The van der Waals surface area contributed by atoms with E-state index in [1.807, 2.05) is 6.08 Å². The van der Waals surface area contributed by atoms with Crippen molar-refractivity contribution in [3.8, 4) is 0 Å². The van der Waals surface area contributed by atoms with Gasteiger partial charge in [0, 0.05) is 0 Å². The van der Waals surface area contributed by atoms with Crippen LogP contribution in [0.25, 0.3) is 0 Å². The fourth-order valence-electron chi connectivity index (χ4n) is 2.58. The van der Waals surface area contributed by atoms with Crippen molar-refractivity contribution in [2.45, 2.75) is 51.7 Å². The number of hydrogen-bond donors (Lipinski definition) is 3. The van der Waals surface area contributed by atoms with Crippen molar-refractivity contribution in [2.75, 3.05) is 6.61 Å². The predicted octanol–water partition coefficient (Wildman–Crippen LogP) is 2.03. The molecule has 0 aliphatic heterocycles. The van der Waals surface area contributed by atoms with Gasteiger partial charge < -0.3 is 15.3 Å². The molecule has 3 heteroatoms. The Bertz CT molecular complexity index is 307. The van der Waals surface area contributed by atoms with Gasteiger partial charge in [-0.15, -0.1) is 0 Å². The van der Waals surface area contributed by atoms with Gasteiger partial charge in [0.15, 0.2) is 0 Å². The summed E-state index contributed by atoms with van der Waals surface area (Å²) in [7, 11) is 0. The van der Waals surface area contributed by atoms with Crippen LogP contribution in [0.15, 0.2) is 23.8 Å². The van der Waals surface area contributed by atoms with Crippen LogP contribution in [0.4, 0.5) is 0 Å². The highest BCUT2D eigenvalue weighted by atomic mass is 16.3. The lowest BCUT2D eigenvalue weighted by Gasteiger charge is -2.31. The summed E-state index contributed by atoms with van der Waals surface area (Å²) in [4.78, 5) is 0. The van der Waals surface area contributed by atoms with Gasteiger partial charge in [-0.25, -0.2) is 0 Å². The molecular weight excluding hydrogens is 228 g/mol. The number of aliphatic hydroxyl groups is 3. The molecule has 0 heterocycles. The molecule has 0 fully saturated rings. The Morgan fingerprint density at radius 3 is 2.56 bits per heavy atom. The maximum absolute atomic E-state index is 10.3. The van der Waals surface area contributed by atoms with E-state index in [1.54, 1.807) is 0 Å². The number of aliphatic hydroxyl groups excluding tert-OH is 3. The second-order valence-electron chi connectivity index (χ2n) is 5.60. The molecule has 0 saturated heterocycles. The second-order valence-corrected chi connectivity index (χ2v) is 5.60.